The third-order valence-electron chi connectivity index (χ3n) is 3.91. The van der Waals surface area contributed by atoms with Crippen LogP contribution in [0.2, 0.25) is 0 Å². The molecule has 26 heavy (non-hydrogen) atoms. The van der Waals surface area contributed by atoms with E-state index in [1.807, 2.05) is 44.2 Å². The quantitative estimate of drug-likeness (QED) is 0.706. The maximum absolute atomic E-state index is 12.6. The van der Waals surface area contributed by atoms with E-state index in [9.17, 15) is 9.59 Å². The van der Waals surface area contributed by atoms with Crippen LogP contribution in [-0.2, 0) is 22.4 Å². The lowest BCUT2D eigenvalue weighted by Crippen LogP contribution is -2.47. The summed E-state index contributed by atoms with van der Waals surface area (Å²) in [6.45, 7) is 5.93. The molecule has 2 aromatic rings. The number of carbonyl (C=O) groups is 2. The maximum atomic E-state index is 12.6. The van der Waals surface area contributed by atoms with Crippen LogP contribution in [0.4, 0.5) is 5.13 Å². The van der Waals surface area contributed by atoms with E-state index in [0.29, 0.717) is 5.13 Å². The van der Waals surface area contributed by atoms with Gasteiger partial charge in [-0.05, 0) is 17.9 Å². The zero-order valence-electron chi connectivity index (χ0n) is 15.5. The van der Waals surface area contributed by atoms with Gasteiger partial charge < -0.3 is 5.32 Å². The summed E-state index contributed by atoms with van der Waals surface area (Å²) >= 11 is 1.38. The van der Waals surface area contributed by atoms with Gasteiger partial charge in [-0.15, -0.1) is 10.2 Å². The van der Waals surface area contributed by atoms with Gasteiger partial charge in [-0.25, -0.2) is 0 Å². The normalized spacial score (nSPS) is 12.0. The summed E-state index contributed by atoms with van der Waals surface area (Å²) in [5.41, 5.74) is 0.914. The van der Waals surface area contributed by atoms with Gasteiger partial charge in [0.25, 0.3) is 0 Å². The van der Waals surface area contributed by atoms with Crippen LogP contribution >= 0.6 is 11.3 Å². The number of aromatic nitrogens is 2. The molecule has 0 saturated carbocycles. The van der Waals surface area contributed by atoms with E-state index < -0.39 is 6.04 Å². The molecule has 0 bridgehead atoms. The molecule has 0 spiro atoms. The first-order chi connectivity index (χ1) is 12.5. The van der Waals surface area contributed by atoms with Gasteiger partial charge in [-0.1, -0.05) is 68.9 Å². The van der Waals surface area contributed by atoms with Gasteiger partial charge in [-0.3, -0.25) is 14.9 Å². The Hall–Kier alpha value is -2.28. The first-order valence-corrected chi connectivity index (χ1v) is 9.77. The molecule has 1 unspecified atom stereocenters. The Morgan fingerprint density at radius 1 is 1.15 bits per heavy atom. The van der Waals surface area contributed by atoms with Crippen molar-refractivity contribution in [1.82, 2.24) is 15.5 Å². The lowest BCUT2D eigenvalue weighted by Gasteiger charge is -2.21. The van der Waals surface area contributed by atoms with Gasteiger partial charge in [0.1, 0.15) is 11.0 Å². The minimum absolute atomic E-state index is 0.0396. The van der Waals surface area contributed by atoms with Gasteiger partial charge in [0, 0.05) is 6.42 Å². The van der Waals surface area contributed by atoms with Gasteiger partial charge in [0.05, 0.1) is 6.42 Å². The van der Waals surface area contributed by atoms with Crippen LogP contribution in [-0.4, -0.2) is 28.1 Å². The number of benzene rings is 1. The molecular formula is C19H26N4O2S. The summed E-state index contributed by atoms with van der Waals surface area (Å²) in [6.07, 6.45) is 3.25. The van der Waals surface area contributed by atoms with Gasteiger partial charge >= 0.3 is 0 Å². The van der Waals surface area contributed by atoms with E-state index in [2.05, 4.69) is 27.8 Å². The molecule has 1 aromatic heterocycles. The van der Waals surface area contributed by atoms with Gasteiger partial charge in [0.2, 0.25) is 16.9 Å². The second kappa shape index (κ2) is 10.0. The monoisotopic (exact) mass is 374 g/mol. The molecule has 1 heterocycles. The fraction of sp³-hybridized carbons (Fsp3) is 0.474. The minimum atomic E-state index is -0.616. The second-order valence-corrected chi connectivity index (χ2v) is 7.61. The lowest BCUT2D eigenvalue weighted by molar-refractivity contribution is -0.127. The van der Waals surface area contributed by atoms with E-state index >= 15 is 0 Å². The highest BCUT2D eigenvalue weighted by atomic mass is 32.1. The minimum Gasteiger partial charge on any atom is -0.344 e. The van der Waals surface area contributed by atoms with Crippen LogP contribution in [0.5, 0.6) is 0 Å². The van der Waals surface area contributed by atoms with Crippen LogP contribution in [0, 0.1) is 5.92 Å². The van der Waals surface area contributed by atoms with E-state index in [0.717, 1.165) is 29.8 Å². The predicted octanol–water partition coefficient (Wildman–Crippen LogP) is 3.20. The molecule has 2 amide bonds. The third-order valence-corrected chi connectivity index (χ3v) is 4.81. The van der Waals surface area contributed by atoms with Gasteiger partial charge in [-0.2, -0.15) is 0 Å². The molecular weight excluding hydrogens is 348 g/mol. The van der Waals surface area contributed by atoms with Crippen molar-refractivity contribution in [2.24, 2.45) is 5.92 Å². The molecule has 0 aliphatic rings. The predicted molar refractivity (Wildman–Crippen MR) is 104 cm³/mol. The van der Waals surface area contributed by atoms with E-state index in [4.69, 9.17) is 0 Å². The summed E-state index contributed by atoms with van der Waals surface area (Å²) < 4.78 is 0. The van der Waals surface area contributed by atoms with Crippen molar-refractivity contribution in [1.29, 1.82) is 0 Å². The Morgan fingerprint density at radius 2 is 1.88 bits per heavy atom. The number of amides is 2. The molecule has 2 rings (SSSR count). The number of carbonyl (C=O) groups excluding carboxylic acids is 2. The largest absolute Gasteiger partial charge is 0.344 e. The highest BCUT2D eigenvalue weighted by molar-refractivity contribution is 7.15. The van der Waals surface area contributed by atoms with Crippen LogP contribution < -0.4 is 10.6 Å². The Labute approximate surface area is 158 Å². The Balaban J connectivity index is 1.94. The van der Waals surface area contributed by atoms with Crippen molar-refractivity contribution in [2.75, 3.05) is 5.32 Å². The van der Waals surface area contributed by atoms with E-state index in [1.54, 1.807) is 0 Å². The van der Waals surface area contributed by atoms with Crippen molar-refractivity contribution in [3.63, 3.8) is 0 Å². The van der Waals surface area contributed by atoms with Gasteiger partial charge in [0.15, 0.2) is 0 Å². The number of nitrogens with zero attached hydrogens (tertiary/aromatic N) is 2. The highest BCUT2D eigenvalue weighted by Crippen LogP contribution is 2.18. The van der Waals surface area contributed by atoms with Crippen molar-refractivity contribution in [3.8, 4) is 0 Å². The molecule has 6 nitrogen and oxygen atoms in total. The summed E-state index contributed by atoms with van der Waals surface area (Å²) in [7, 11) is 0. The maximum Gasteiger partial charge on any atom is 0.249 e. The number of anilines is 1. The standard InChI is InChI=1S/C19H26N4O2S/c1-4-5-11-16-22-23-19(26-16)21-18(25)17(13(2)3)20-15(24)12-14-9-7-6-8-10-14/h6-10,13,17H,4-5,11-12H2,1-3H3,(H,20,24)(H,21,23,25). The summed E-state index contributed by atoms with van der Waals surface area (Å²) in [6, 6.07) is 8.85. The molecule has 0 fully saturated rings. The average molecular weight is 375 g/mol. The fourth-order valence-corrected chi connectivity index (χ4v) is 3.24. The third kappa shape index (κ3) is 6.22. The zero-order chi connectivity index (χ0) is 18.9. The first-order valence-electron chi connectivity index (χ1n) is 8.96. The first kappa shape index (κ1) is 20.0. The summed E-state index contributed by atoms with van der Waals surface area (Å²) in [5.74, 6) is -0.479. The Morgan fingerprint density at radius 3 is 2.54 bits per heavy atom. The molecule has 7 heteroatoms. The molecule has 1 aromatic carbocycles. The smallest absolute Gasteiger partial charge is 0.249 e. The van der Waals surface area contributed by atoms with Crippen LogP contribution in [0.1, 0.15) is 44.2 Å². The molecule has 140 valence electrons. The second-order valence-electron chi connectivity index (χ2n) is 6.55. The van der Waals surface area contributed by atoms with Crippen LogP contribution in [0.25, 0.3) is 0 Å². The number of aryl methyl sites for hydroxylation is 1. The number of nitrogens with one attached hydrogen (secondary N) is 2. The molecule has 0 aliphatic carbocycles. The number of hydrogen-bond donors (Lipinski definition) is 2. The SMILES string of the molecule is CCCCc1nnc(NC(=O)C(NC(=O)Cc2ccccc2)C(C)C)s1. The molecule has 0 radical (unpaired) electrons. The molecule has 2 N–H and O–H groups in total. The summed E-state index contributed by atoms with van der Waals surface area (Å²) in [4.78, 5) is 24.9. The van der Waals surface area contributed by atoms with Crippen LogP contribution in [0.3, 0.4) is 0 Å². The zero-order valence-corrected chi connectivity index (χ0v) is 16.3. The average Bonchev–Trinajstić information content (AvgIpc) is 3.05. The number of rotatable bonds is 9. The number of unbranched alkanes of at least 4 members (excludes halogenated alkanes) is 1. The topological polar surface area (TPSA) is 84.0 Å². The van der Waals surface area contributed by atoms with Crippen molar-refractivity contribution >= 4 is 28.3 Å². The van der Waals surface area contributed by atoms with Crippen molar-refractivity contribution < 1.29 is 9.59 Å². The highest BCUT2D eigenvalue weighted by Gasteiger charge is 2.25. The van der Waals surface area contributed by atoms with Crippen molar-refractivity contribution in [2.45, 2.75) is 52.5 Å². The molecule has 0 aliphatic heterocycles. The van der Waals surface area contributed by atoms with Crippen LogP contribution in [0.15, 0.2) is 30.3 Å². The molecule has 1 atom stereocenters. The van der Waals surface area contributed by atoms with E-state index in [-0.39, 0.29) is 24.2 Å². The Bertz CT molecular complexity index is 715. The lowest BCUT2D eigenvalue weighted by atomic mass is 10.0. The number of hydrogen-bond acceptors (Lipinski definition) is 5. The molecule has 0 saturated heterocycles. The fourth-order valence-electron chi connectivity index (χ4n) is 2.46. The van der Waals surface area contributed by atoms with E-state index in [1.165, 1.54) is 11.3 Å². The summed E-state index contributed by atoms with van der Waals surface area (Å²) in [5, 5.41) is 15.1. The Kier molecular flexibility index (Phi) is 7.72. The van der Waals surface area contributed by atoms with Crippen molar-refractivity contribution in [3.05, 3.63) is 40.9 Å².